The summed E-state index contributed by atoms with van der Waals surface area (Å²) in [7, 11) is 0. The number of pyridine rings is 1. The summed E-state index contributed by atoms with van der Waals surface area (Å²) in [5, 5.41) is 19.8. The summed E-state index contributed by atoms with van der Waals surface area (Å²) in [5.41, 5.74) is 5.98. The van der Waals surface area contributed by atoms with Crippen LogP contribution >= 0.6 is 0 Å². The van der Waals surface area contributed by atoms with E-state index in [0.29, 0.717) is 24.6 Å². The molecule has 3 atom stereocenters. The molecule has 1 aromatic heterocycles. The number of carbonyl (C=O) groups is 1. The van der Waals surface area contributed by atoms with Gasteiger partial charge in [-0.15, -0.1) is 0 Å². The molecular weight excluding hydrogens is 431 g/mol. The SMILES string of the molecule is Cc1cc(C)c([C@H](C)CN[C@H](c2ccccc2)[C@H]2CNc3cc(F)cnc3N2)cc1CC(=O)O. The number of carboxylic acids is 1. The number of benzene rings is 2. The summed E-state index contributed by atoms with van der Waals surface area (Å²) >= 11 is 0. The van der Waals surface area contributed by atoms with Crippen molar-refractivity contribution in [2.24, 2.45) is 0 Å². The van der Waals surface area contributed by atoms with Crippen LogP contribution in [0.5, 0.6) is 0 Å². The Hall–Kier alpha value is -3.45. The van der Waals surface area contributed by atoms with Gasteiger partial charge in [0, 0.05) is 19.2 Å². The molecule has 6 nitrogen and oxygen atoms in total. The first-order valence-corrected chi connectivity index (χ1v) is 11.6. The number of carboxylic acid groups (broad SMARTS) is 1. The number of aromatic nitrogens is 1. The van der Waals surface area contributed by atoms with E-state index in [4.69, 9.17) is 0 Å². The van der Waals surface area contributed by atoms with Crippen LogP contribution in [0.4, 0.5) is 15.9 Å². The van der Waals surface area contributed by atoms with E-state index in [2.05, 4.69) is 53.0 Å². The normalized spacial score (nSPS) is 16.6. The van der Waals surface area contributed by atoms with Crippen LogP contribution in [0.3, 0.4) is 0 Å². The predicted octanol–water partition coefficient (Wildman–Crippen LogP) is 4.81. The zero-order valence-electron chi connectivity index (χ0n) is 19.7. The lowest BCUT2D eigenvalue weighted by atomic mass is 9.90. The Morgan fingerprint density at radius 1 is 1.21 bits per heavy atom. The number of rotatable bonds is 8. The Bertz CT molecular complexity index is 1170. The van der Waals surface area contributed by atoms with Gasteiger partial charge in [0.15, 0.2) is 0 Å². The summed E-state index contributed by atoms with van der Waals surface area (Å²) in [5.74, 6) is -0.372. The summed E-state index contributed by atoms with van der Waals surface area (Å²) in [4.78, 5) is 15.5. The molecule has 4 N–H and O–H groups in total. The summed E-state index contributed by atoms with van der Waals surface area (Å²) < 4.78 is 13.6. The van der Waals surface area contributed by atoms with Crippen molar-refractivity contribution in [1.29, 1.82) is 0 Å². The highest BCUT2D eigenvalue weighted by atomic mass is 19.1. The molecule has 0 saturated heterocycles. The van der Waals surface area contributed by atoms with Crippen LogP contribution in [0.25, 0.3) is 0 Å². The molecule has 0 radical (unpaired) electrons. The monoisotopic (exact) mass is 462 g/mol. The van der Waals surface area contributed by atoms with Crippen LogP contribution in [-0.2, 0) is 11.2 Å². The summed E-state index contributed by atoms with van der Waals surface area (Å²) in [6.07, 6.45) is 1.24. The minimum atomic E-state index is -0.822. The Morgan fingerprint density at radius 3 is 2.71 bits per heavy atom. The number of hydrogen-bond acceptors (Lipinski definition) is 5. The molecule has 0 spiro atoms. The van der Waals surface area contributed by atoms with E-state index in [-0.39, 0.29) is 30.2 Å². The topological polar surface area (TPSA) is 86.3 Å². The van der Waals surface area contributed by atoms with Crippen molar-refractivity contribution in [3.63, 3.8) is 0 Å². The van der Waals surface area contributed by atoms with Gasteiger partial charge >= 0.3 is 5.97 Å². The number of hydrogen-bond donors (Lipinski definition) is 4. The molecule has 0 aliphatic carbocycles. The molecule has 1 aliphatic rings. The maximum absolute atomic E-state index is 13.6. The van der Waals surface area contributed by atoms with E-state index in [1.54, 1.807) is 0 Å². The molecule has 0 amide bonds. The number of fused-ring (bicyclic) bond motifs is 1. The number of nitrogens with zero attached hydrogens (tertiary/aromatic N) is 1. The highest BCUT2D eigenvalue weighted by Gasteiger charge is 2.28. The van der Waals surface area contributed by atoms with Crippen molar-refractivity contribution in [3.05, 3.63) is 88.4 Å². The lowest BCUT2D eigenvalue weighted by molar-refractivity contribution is -0.136. The minimum absolute atomic E-state index is 0.00162. The first kappa shape index (κ1) is 23.7. The zero-order chi connectivity index (χ0) is 24.2. The number of halogens is 1. The second kappa shape index (κ2) is 10.2. The van der Waals surface area contributed by atoms with Gasteiger partial charge in [-0.05, 0) is 47.6 Å². The van der Waals surface area contributed by atoms with Crippen molar-refractivity contribution in [2.75, 3.05) is 23.7 Å². The third-order valence-electron chi connectivity index (χ3n) is 6.49. The Morgan fingerprint density at radius 2 is 1.97 bits per heavy atom. The zero-order valence-corrected chi connectivity index (χ0v) is 19.7. The first-order valence-electron chi connectivity index (χ1n) is 11.6. The van der Waals surface area contributed by atoms with Crippen LogP contribution < -0.4 is 16.0 Å². The molecule has 2 aromatic carbocycles. The molecule has 0 fully saturated rings. The Balaban J connectivity index is 1.54. The quantitative estimate of drug-likeness (QED) is 0.385. The predicted molar refractivity (Wildman–Crippen MR) is 133 cm³/mol. The van der Waals surface area contributed by atoms with Gasteiger partial charge in [-0.25, -0.2) is 9.37 Å². The van der Waals surface area contributed by atoms with Crippen LogP contribution in [0, 0.1) is 19.7 Å². The molecule has 2 heterocycles. The molecule has 1 aliphatic heterocycles. The maximum Gasteiger partial charge on any atom is 0.307 e. The van der Waals surface area contributed by atoms with E-state index < -0.39 is 5.97 Å². The van der Waals surface area contributed by atoms with Crippen LogP contribution in [0.15, 0.2) is 54.7 Å². The molecule has 0 saturated carbocycles. The average molecular weight is 463 g/mol. The van der Waals surface area contributed by atoms with Gasteiger partial charge in [0.05, 0.1) is 30.4 Å². The Labute approximate surface area is 199 Å². The van der Waals surface area contributed by atoms with E-state index in [9.17, 15) is 14.3 Å². The van der Waals surface area contributed by atoms with Crippen molar-refractivity contribution in [3.8, 4) is 0 Å². The van der Waals surface area contributed by atoms with Crippen LogP contribution in [0.1, 0.15) is 46.7 Å². The molecule has 0 bridgehead atoms. The molecule has 3 aromatic rings. The standard InChI is InChI=1S/C27H31FN4O2/c1-16-9-17(2)22(10-20(16)11-25(33)34)18(3)13-30-26(19-7-5-4-6-8-19)24-15-29-23-12-21(28)14-31-27(23)32-24/h4-10,12,14,18,24,26,29-30H,11,13,15H2,1-3H3,(H,31,32)(H,33,34)/t18-,24-,26-/m1/s1. The number of nitrogens with one attached hydrogen (secondary N) is 3. The van der Waals surface area contributed by atoms with Gasteiger partial charge in [0.1, 0.15) is 11.6 Å². The largest absolute Gasteiger partial charge is 0.481 e. The second-order valence-corrected chi connectivity index (χ2v) is 9.08. The third-order valence-corrected chi connectivity index (χ3v) is 6.49. The fourth-order valence-corrected chi connectivity index (χ4v) is 4.70. The fraction of sp³-hybridized carbons (Fsp3) is 0.333. The molecule has 7 heteroatoms. The lowest BCUT2D eigenvalue weighted by Crippen LogP contribution is -2.45. The molecule has 178 valence electrons. The maximum atomic E-state index is 13.6. The number of aliphatic carboxylic acids is 1. The lowest BCUT2D eigenvalue weighted by Gasteiger charge is -2.35. The van der Waals surface area contributed by atoms with Crippen molar-refractivity contribution < 1.29 is 14.3 Å². The summed E-state index contributed by atoms with van der Waals surface area (Å²) in [6, 6.07) is 15.8. The van der Waals surface area contributed by atoms with Gasteiger partial charge in [-0.2, -0.15) is 0 Å². The highest BCUT2D eigenvalue weighted by Crippen LogP contribution is 2.30. The second-order valence-electron chi connectivity index (χ2n) is 9.08. The van der Waals surface area contributed by atoms with Gasteiger partial charge < -0.3 is 21.1 Å². The molecule has 0 unspecified atom stereocenters. The van der Waals surface area contributed by atoms with Gasteiger partial charge in [0.2, 0.25) is 0 Å². The Kier molecular flexibility index (Phi) is 7.12. The fourth-order valence-electron chi connectivity index (χ4n) is 4.70. The van der Waals surface area contributed by atoms with E-state index in [1.165, 1.54) is 12.3 Å². The molecular formula is C27H31FN4O2. The van der Waals surface area contributed by atoms with Crippen molar-refractivity contribution in [2.45, 2.75) is 45.2 Å². The average Bonchev–Trinajstić information content (AvgIpc) is 2.81. The third kappa shape index (κ3) is 5.37. The minimum Gasteiger partial charge on any atom is -0.481 e. The van der Waals surface area contributed by atoms with Crippen molar-refractivity contribution >= 4 is 17.5 Å². The van der Waals surface area contributed by atoms with Crippen LogP contribution in [0.2, 0.25) is 0 Å². The first-order chi connectivity index (χ1) is 16.3. The number of aryl methyl sites for hydroxylation is 2. The van der Waals surface area contributed by atoms with E-state index in [0.717, 1.165) is 27.8 Å². The van der Waals surface area contributed by atoms with Gasteiger partial charge in [0.25, 0.3) is 0 Å². The molecule has 34 heavy (non-hydrogen) atoms. The summed E-state index contributed by atoms with van der Waals surface area (Å²) in [6.45, 7) is 7.52. The van der Waals surface area contributed by atoms with Gasteiger partial charge in [-0.1, -0.05) is 49.4 Å². The number of anilines is 2. The van der Waals surface area contributed by atoms with E-state index in [1.807, 2.05) is 31.2 Å². The van der Waals surface area contributed by atoms with Crippen molar-refractivity contribution in [1.82, 2.24) is 10.3 Å². The van der Waals surface area contributed by atoms with E-state index >= 15 is 0 Å². The van der Waals surface area contributed by atoms with Gasteiger partial charge in [-0.3, -0.25) is 4.79 Å². The highest BCUT2D eigenvalue weighted by molar-refractivity contribution is 5.71. The molecule has 4 rings (SSSR count). The smallest absolute Gasteiger partial charge is 0.307 e. The van der Waals surface area contributed by atoms with Crippen LogP contribution in [-0.4, -0.2) is 35.2 Å².